The first-order chi connectivity index (χ1) is 13.8. The lowest BCUT2D eigenvalue weighted by atomic mass is 9.97. The third-order valence-electron chi connectivity index (χ3n) is 5.03. The Morgan fingerprint density at radius 2 is 1.59 bits per heavy atom. The molecule has 8 heteroatoms. The molecule has 1 aliphatic rings. The molecule has 1 aliphatic carbocycles. The second kappa shape index (κ2) is 9.69. The van der Waals surface area contributed by atoms with Crippen LogP contribution in [-0.2, 0) is 10.0 Å². The molecule has 1 saturated carbocycles. The number of nitrogens with one attached hydrogen (secondary N) is 2. The minimum absolute atomic E-state index is 0.0881. The molecule has 0 aromatic heterocycles. The summed E-state index contributed by atoms with van der Waals surface area (Å²) in [6, 6.07) is 9.52. The van der Waals surface area contributed by atoms with Crippen molar-refractivity contribution in [1.82, 2.24) is 4.72 Å². The fraction of sp³-hybridized carbons (Fsp3) is 0.381. The van der Waals surface area contributed by atoms with Gasteiger partial charge in [0.05, 0.1) is 10.6 Å². The molecule has 156 valence electrons. The summed E-state index contributed by atoms with van der Waals surface area (Å²) < 4.78 is 42.5. The number of hydrogen-bond donors (Lipinski definition) is 2. The summed E-state index contributed by atoms with van der Waals surface area (Å²) >= 11 is 5.79. The lowest BCUT2D eigenvalue weighted by molar-refractivity contribution is 0.102. The summed E-state index contributed by atoms with van der Waals surface area (Å²) in [5.41, 5.74) is 0.228. The molecule has 0 heterocycles. The fourth-order valence-electron chi connectivity index (χ4n) is 3.42. The highest BCUT2D eigenvalue weighted by molar-refractivity contribution is 7.89. The Kier molecular flexibility index (Phi) is 7.27. The molecule has 1 amide bonds. The first kappa shape index (κ1) is 21.7. The number of halogens is 2. The van der Waals surface area contributed by atoms with Gasteiger partial charge in [-0.3, -0.25) is 4.79 Å². The molecule has 3 rings (SSSR count). The summed E-state index contributed by atoms with van der Waals surface area (Å²) in [5.74, 6) is -1.32. The number of rotatable bonds is 5. The van der Waals surface area contributed by atoms with Gasteiger partial charge in [0.25, 0.3) is 5.91 Å². The molecule has 0 bridgehead atoms. The van der Waals surface area contributed by atoms with Crippen LogP contribution in [0.4, 0.5) is 10.1 Å². The van der Waals surface area contributed by atoms with Crippen molar-refractivity contribution in [3.8, 4) is 0 Å². The lowest BCUT2D eigenvalue weighted by Crippen LogP contribution is -2.35. The Hall–Kier alpha value is -1.96. The van der Waals surface area contributed by atoms with Gasteiger partial charge in [0, 0.05) is 16.6 Å². The fourth-order valence-corrected chi connectivity index (χ4v) is 4.86. The van der Waals surface area contributed by atoms with Gasteiger partial charge in [0.2, 0.25) is 10.0 Å². The van der Waals surface area contributed by atoms with Gasteiger partial charge in [-0.05, 0) is 55.3 Å². The molecule has 0 radical (unpaired) electrons. The maximum absolute atomic E-state index is 14.5. The smallest absolute Gasteiger partial charge is 0.255 e. The molecule has 0 spiro atoms. The molecule has 5 nitrogen and oxygen atoms in total. The Balaban J connectivity index is 1.70. The van der Waals surface area contributed by atoms with Gasteiger partial charge in [0.15, 0.2) is 0 Å². The Morgan fingerprint density at radius 1 is 0.966 bits per heavy atom. The summed E-state index contributed by atoms with van der Waals surface area (Å²) in [6.07, 6.45) is 6.94. The summed E-state index contributed by atoms with van der Waals surface area (Å²) in [5, 5.41) is 2.93. The average molecular weight is 439 g/mol. The van der Waals surface area contributed by atoms with Crippen LogP contribution < -0.4 is 10.0 Å². The maximum Gasteiger partial charge on any atom is 0.255 e. The van der Waals surface area contributed by atoms with Crippen molar-refractivity contribution < 1.29 is 17.6 Å². The van der Waals surface area contributed by atoms with Crippen LogP contribution in [0.3, 0.4) is 0 Å². The normalized spacial score (nSPS) is 16.1. The van der Waals surface area contributed by atoms with Crippen molar-refractivity contribution in [2.45, 2.75) is 55.9 Å². The van der Waals surface area contributed by atoms with Gasteiger partial charge in [-0.25, -0.2) is 17.5 Å². The average Bonchev–Trinajstić information content (AvgIpc) is 2.66. The quantitative estimate of drug-likeness (QED) is 0.680. The van der Waals surface area contributed by atoms with Crippen LogP contribution in [-0.4, -0.2) is 20.4 Å². The van der Waals surface area contributed by atoms with E-state index in [1.807, 2.05) is 0 Å². The first-order valence-electron chi connectivity index (χ1n) is 9.74. The molecule has 0 unspecified atom stereocenters. The number of benzene rings is 2. The van der Waals surface area contributed by atoms with E-state index in [9.17, 15) is 17.6 Å². The number of anilines is 1. The minimum atomic E-state index is -3.83. The molecule has 0 aliphatic heterocycles. The number of hydrogen-bond acceptors (Lipinski definition) is 3. The molecular weight excluding hydrogens is 415 g/mol. The van der Waals surface area contributed by atoms with Gasteiger partial charge in [-0.15, -0.1) is 0 Å². The van der Waals surface area contributed by atoms with Crippen LogP contribution in [0, 0.1) is 5.82 Å². The van der Waals surface area contributed by atoms with E-state index in [-0.39, 0.29) is 16.6 Å². The van der Waals surface area contributed by atoms with Gasteiger partial charge in [-0.1, -0.05) is 43.7 Å². The van der Waals surface area contributed by atoms with E-state index in [1.54, 1.807) is 12.1 Å². The molecule has 29 heavy (non-hydrogen) atoms. The Morgan fingerprint density at radius 3 is 2.21 bits per heavy atom. The summed E-state index contributed by atoms with van der Waals surface area (Å²) in [6.45, 7) is 0. The predicted molar refractivity (Wildman–Crippen MR) is 112 cm³/mol. The monoisotopic (exact) mass is 438 g/mol. The molecule has 0 atom stereocenters. The predicted octanol–water partition coefficient (Wildman–Crippen LogP) is 5.12. The minimum Gasteiger partial charge on any atom is -0.319 e. The molecule has 2 aromatic carbocycles. The van der Waals surface area contributed by atoms with Crippen molar-refractivity contribution in [1.29, 1.82) is 0 Å². The SMILES string of the molecule is O=C(Nc1ccc(S(=O)(=O)NC2CCCCCCC2)cc1F)c1ccc(Cl)cc1. The lowest BCUT2D eigenvalue weighted by Gasteiger charge is -2.21. The Labute approximate surface area is 175 Å². The molecular formula is C21H24ClFN2O3S. The van der Waals surface area contributed by atoms with Crippen LogP contribution >= 0.6 is 11.6 Å². The van der Waals surface area contributed by atoms with Crippen LogP contribution in [0.25, 0.3) is 0 Å². The van der Waals surface area contributed by atoms with Crippen LogP contribution in [0.1, 0.15) is 55.3 Å². The topological polar surface area (TPSA) is 75.3 Å². The first-order valence-corrected chi connectivity index (χ1v) is 11.6. The zero-order valence-corrected chi connectivity index (χ0v) is 17.5. The highest BCUT2D eigenvalue weighted by atomic mass is 35.5. The largest absolute Gasteiger partial charge is 0.319 e. The standard InChI is InChI=1S/C21H24ClFN2O3S/c22-16-10-8-15(9-11-16)21(26)24-20-13-12-18(14-19(20)23)29(27,28)25-17-6-4-2-1-3-5-7-17/h8-14,17,25H,1-7H2,(H,24,26). The van der Waals surface area contributed by atoms with Crippen LogP contribution in [0.2, 0.25) is 5.02 Å². The molecule has 0 saturated heterocycles. The van der Waals surface area contributed by atoms with Crippen molar-refractivity contribution in [2.24, 2.45) is 0 Å². The Bertz CT molecular complexity index is 956. The highest BCUT2D eigenvalue weighted by Crippen LogP contribution is 2.23. The van der Waals surface area contributed by atoms with E-state index < -0.39 is 21.7 Å². The summed E-state index contributed by atoms with van der Waals surface area (Å²) in [4.78, 5) is 12.1. The van der Waals surface area contributed by atoms with E-state index in [0.717, 1.165) is 44.6 Å². The van der Waals surface area contributed by atoms with Crippen molar-refractivity contribution in [3.05, 3.63) is 58.9 Å². The number of amides is 1. The highest BCUT2D eigenvalue weighted by Gasteiger charge is 2.22. The van der Waals surface area contributed by atoms with E-state index in [2.05, 4.69) is 10.0 Å². The van der Waals surface area contributed by atoms with Gasteiger partial charge in [0.1, 0.15) is 5.82 Å². The zero-order valence-electron chi connectivity index (χ0n) is 16.0. The van der Waals surface area contributed by atoms with E-state index in [0.29, 0.717) is 10.6 Å². The van der Waals surface area contributed by atoms with Gasteiger partial charge in [-0.2, -0.15) is 0 Å². The van der Waals surface area contributed by atoms with Crippen molar-refractivity contribution >= 4 is 33.2 Å². The number of carbonyl (C=O) groups excluding carboxylic acids is 1. The molecule has 2 N–H and O–H groups in total. The van der Waals surface area contributed by atoms with Crippen molar-refractivity contribution in [3.63, 3.8) is 0 Å². The summed E-state index contributed by atoms with van der Waals surface area (Å²) in [7, 11) is -3.83. The molecule has 1 fully saturated rings. The van der Waals surface area contributed by atoms with Gasteiger partial charge >= 0.3 is 0 Å². The second-order valence-corrected chi connectivity index (χ2v) is 9.42. The van der Waals surface area contributed by atoms with E-state index in [1.165, 1.54) is 30.7 Å². The van der Waals surface area contributed by atoms with Gasteiger partial charge < -0.3 is 5.32 Å². The number of carbonyl (C=O) groups is 1. The maximum atomic E-state index is 14.5. The van der Waals surface area contributed by atoms with E-state index in [4.69, 9.17) is 11.6 Å². The van der Waals surface area contributed by atoms with E-state index >= 15 is 0 Å². The zero-order chi connectivity index (χ0) is 20.9. The van der Waals surface area contributed by atoms with Crippen LogP contribution in [0.5, 0.6) is 0 Å². The number of sulfonamides is 1. The molecule has 2 aromatic rings. The van der Waals surface area contributed by atoms with Crippen LogP contribution in [0.15, 0.2) is 47.4 Å². The second-order valence-electron chi connectivity index (χ2n) is 7.27. The third-order valence-corrected chi connectivity index (χ3v) is 6.80. The third kappa shape index (κ3) is 6.01. The van der Waals surface area contributed by atoms with Crippen molar-refractivity contribution in [2.75, 3.05) is 5.32 Å².